The Morgan fingerprint density at radius 1 is 1.04 bits per heavy atom. The molecular weight excluding hydrogens is 340 g/mol. The van der Waals surface area contributed by atoms with Crippen molar-refractivity contribution in [2.24, 2.45) is 0 Å². The molecule has 0 fully saturated rings. The summed E-state index contributed by atoms with van der Waals surface area (Å²) in [7, 11) is 0. The summed E-state index contributed by atoms with van der Waals surface area (Å²) in [5, 5.41) is 2.53. The Hall–Kier alpha value is -2.20. The van der Waals surface area contributed by atoms with Gasteiger partial charge in [-0.1, -0.05) is 48.9 Å². The van der Waals surface area contributed by atoms with Gasteiger partial charge in [-0.05, 0) is 56.4 Å². The molecule has 0 saturated heterocycles. The molecule has 146 valence electrons. The van der Waals surface area contributed by atoms with Crippen molar-refractivity contribution in [2.45, 2.75) is 64.6 Å². The maximum Gasteiger partial charge on any atom is 0.336 e. The number of fused-ring (bicyclic) bond motifs is 1. The number of hydrogen-bond donors (Lipinski definition) is 0. The van der Waals surface area contributed by atoms with Crippen LogP contribution in [0.1, 0.15) is 52.0 Å². The van der Waals surface area contributed by atoms with Gasteiger partial charge in [0.2, 0.25) is 0 Å². The molecule has 0 spiro atoms. The molecule has 0 saturated carbocycles. The van der Waals surface area contributed by atoms with Gasteiger partial charge in [0.25, 0.3) is 0 Å². The van der Waals surface area contributed by atoms with Crippen LogP contribution in [-0.2, 0) is 25.5 Å². The Morgan fingerprint density at radius 2 is 1.78 bits per heavy atom. The van der Waals surface area contributed by atoms with Crippen molar-refractivity contribution in [2.75, 3.05) is 6.61 Å². The van der Waals surface area contributed by atoms with Gasteiger partial charge in [-0.25, -0.2) is 4.79 Å². The lowest BCUT2D eigenvalue weighted by Gasteiger charge is -2.23. The predicted octanol–water partition coefficient (Wildman–Crippen LogP) is 4.87. The zero-order chi connectivity index (χ0) is 19.7. The van der Waals surface area contributed by atoms with Crippen molar-refractivity contribution < 1.29 is 19.1 Å². The second kappa shape index (κ2) is 10.2. The third kappa shape index (κ3) is 7.51. The Kier molecular flexibility index (Phi) is 7.99. The number of ether oxygens (including phenoxy) is 2. The molecule has 0 N–H and O–H groups in total. The van der Waals surface area contributed by atoms with E-state index in [1.807, 2.05) is 0 Å². The molecule has 0 aliphatic carbocycles. The zero-order valence-corrected chi connectivity index (χ0v) is 16.6. The topological polar surface area (TPSA) is 52.6 Å². The van der Waals surface area contributed by atoms with Gasteiger partial charge in [0, 0.05) is 13.0 Å². The first-order chi connectivity index (χ1) is 12.9. The molecule has 0 bridgehead atoms. The normalized spacial score (nSPS) is 12.7. The summed E-state index contributed by atoms with van der Waals surface area (Å²) in [5.41, 5.74) is 0.753. The fraction of sp³-hybridized carbons (Fsp3) is 0.478. The van der Waals surface area contributed by atoms with Crippen molar-refractivity contribution in [3.8, 4) is 0 Å². The van der Waals surface area contributed by atoms with Gasteiger partial charge in [-0.2, -0.15) is 0 Å². The number of carbonyl (C=O) groups excluding carboxylic acids is 2. The highest BCUT2D eigenvalue weighted by molar-refractivity contribution is 5.83. The lowest BCUT2D eigenvalue weighted by atomic mass is 10.0. The molecule has 1 atom stereocenters. The quantitative estimate of drug-likeness (QED) is 0.340. The van der Waals surface area contributed by atoms with E-state index < -0.39 is 17.7 Å². The van der Waals surface area contributed by atoms with E-state index >= 15 is 0 Å². The first-order valence-electron chi connectivity index (χ1n) is 9.65. The first-order valence-corrected chi connectivity index (χ1v) is 9.65. The molecule has 27 heavy (non-hydrogen) atoms. The van der Waals surface area contributed by atoms with Crippen LogP contribution in [0.3, 0.4) is 0 Å². The molecule has 4 nitrogen and oxygen atoms in total. The summed E-state index contributed by atoms with van der Waals surface area (Å²) in [6.07, 6.45) is 3.88. The number of esters is 1. The smallest absolute Gasteiger partial charge is 0.336 e. The maximum absolute atomic E-state index is 12.1. The molecule has 0 aliphatic heterocycles. The molecule has 2 aromatic carbocycles. The second-order valence-electron chi connectivity index (χ2n) is 7.79. The summed E-state index contributed by atoms with van der Waals surface area (Å²) in [6.45, 7) is 5.86. The highest BCUT2D eigenvalue weighted by Crippen LogP contribution is 2.17. The number of carbonyl (C=O) groups is 2. The second-order valence-corrected chi connectivity index (χ2v) is 7.79. The molecule has 1 unspecified atom stereocenters. The highest BCUT2D eigenvalue weighted by atomic mass is 16.6. The number of unbranched alkanes of at least 4 members (excludes halogenated alkanes) is 2. The van der Waals surface area contributed by atoms with Gasteiger partial charge in [0.05, 0.1) is 0 Å². The fourth-order valence-corrected chi connectivity index (χ4v) is 2.92. The van der Waals surface area contributed by atoms with Crippen LogP contribution in [-0.4, -0.2) is 30.6 Å². The lowest BCUT2D eigenvalue weighted by Crippen LogP contribution is -2.34. The summed E-state index contributed by atoms with van der Waals surface area (Å²) < 4.78 is 10.9. The average Bonchev–Trinajstić information content (AvgIpc) is 2.62. The Morgan fingerprint density at radius 3 is 2.48 bits per heavy atom. The number of rotatable bonds is 10. The molecular formula is C23H30O4. The number of aryl methyl sites for hydroxylation is 1. The van der Waals surface area contributed by atoms with E-state index in [-0.39, 0.29) is 6.42 Å². The minimum absolute atomic E-state index is 0.0337. The molecule has 2 aromatic rings. The van der Waals surface area contributed by atoms with Crippen LogP contribution in [0, 0.1) is 0 Å². The number of aldehydes is 1. The fourth-order valence-electron chi connectivity index (χ4n) is 2.92. The SMILES string of the molecule is CC(C)(C)OC(=O)C(CC=O)OCCCCCc1ccc2ccccc2c1. The van der Waals surface area contributed by atoms with Gasteiger partial charge in [-0.15, -0.1) is 0 Å². The molecule has 2 rings (SSSR count). The largest absolute Gasteiger partial charge is 0.458 e. The third-order valence-corrected chi connectivity index (χ3v) is 4.22. The monoisotopic (exact) mass is 370 g/mol. The van der Waals surface area contributed by atoms with Gasteiger partial charge in [0.1, 0.15) is 11.9 Å². The molecule has 0 radical (unpaired) electrons. The van der Waals surface area contributed by atoms with Crippen LogP contribution < -0.4 is 0 Å². The summed E-state index contributed by atoms with van der Waals surface area (Å²) in [4.78, 5) is 22.8. The molecule has 4 heteroatoms. The van der Waals surface area contributed by atoms with Crippen LogP contribution >= 0.6 is 0 Å². The number of hydrogen-bond acceptors (Lipinski definition) is 4. The number of benzene rings is 2. The standard InChI is InChI=1S/C23H30O4/c1-23(2,3)27-22(25)21(14-15-24)26-16-8-4-5-9-18-12-13-19-10-6-7-11-20(19)17-18/h6-7,10-13,15,17,21H,4-5,8-9,14,16H2,1-3H3. The van der Waals surface area contributed by atoms with E-state index in [0.29, 0.717) is 12.9 Å². The Balaban J connectivity index is 1.70. The van der Waals surface area contributed by atoms with Crippen molar-refractivity contribution in [1.29, 1.82) is 0 Å². The van der Waals surface area contributed by atoms with Gasteiger partial charge >= 0.3 is 5.97 Å². The van der Waals surface area contributed by atoms with E-state index in [1.165, 1.54) is 16.3 Å². The Labute approximate surface area is 161 Å². The molecule has 0 aromatic heterocycles. The van der Waals surface area contributed by atoms with Crippen LogP contribution in [0.5, 0.6) is 0 Å². The maximum atomic E-state index is 12.1. The van der Waals surface area contributed by atoms with Gasteiger partial charge in [-0.3, -0.25) is 0 Å². The molecule has 0 amide bonds. The lowest BCUT2D eigenvalue weighted by molar-refractivity contribution is -0.169. The minimum Gasteiger partial charge on any atom is -0.458 e. The first kappa shape index (κ1) is 21.1. The summed E-state index contributed by atoms with van der Waals surface area (Å²) >= 11 is 0. The highest BCUT2D eigenvalue weighted by Gasteiger charge is 2.25. The van der Waals surface area contributed by atoms with Gasteiger partial charge in [0.15, 0.2) is 6.10 Å². The zero-order valence-electron chi connectivity index (χ0n) is 16.6. The molecule has 0 heterocycles. The van der Waals surface area contributed by atoms with E-state index in [2.05, 4.69) is 42.5 Å². The van der Waals surface area contributed by atoms with E-state index in [9.17, 15) is 9.59 Å². The summed E-state index contributed by atoms with van der Waals surface area (Å²) in [6, 6.07) is 15.0. The van der Waals surface area contributed by atoms with Crippen LogP contribution in [0.15, 0.2) is 42.5 Å². The van der Waals surface area contributed by atoms with E-state index in [4.69, 9.17) is 9.47 Å². The van der Waals surface area contributed by atoms with Crippen molar-refractivity contribution >= 4 is 23.0 Å². The van der Waals surface area contributed by atoms with Crippen LogP contribution in [0.25, 0.3) is 10.8 Å². The van der Waals surface area contributed by atoms with Gasteiger partial charge < -0.3 is 14.3 Å². The predicted molar refractivity (Wildman–Crippen MR) is 108 cm³/mol. The van der Waals surface area contributed by atoms with Crippen molar-refractivity contribution in [1.82, 2.24) is 0 Å². The third-order valence-electron chi connectivity index (χ3n) is 4.22. The van der Waals surface area contributed by atoms with Crippen LogP contribution in [0.4, 0.5) is 0 Å². The molecule has 0 aliphatic rings. The minimum atomic E-state index is -0.804. The van der Waals surface area contributed by atoms with Crippen molar-refractivity contribution in [3.05, 3.63) is 48.0 Å². The van der Waals surface area contributed by atoms with Crippen LogP contribution in [0.2, 0.25) is 0 Å². The average molecular weight is 370 g/mol. The Bertz CT molecular complexity index is 745. The van der Waals surface area contributed by atoms with Crippen molar-refractivity contribution in [3.63, 3.8) is 0 Å². The van der Waals surface area contributed by atoms with E-state index in [0.717, 1.165) is 25.7 Å². The summed E-state index contributed by atoms with van der Waals surface area (Å²) in [5.74, 6) is -0.467. The van der Waals surface area contributed by atoms with E-state index in [1.54, 1.807) is 20.8 Å².